The molecule has 3 heteroatoms. The van der Waals surface area contributed by atoms with Gasteiger partial charge in [-0.1, -0.05) is 20.8 Å². The molecule has 0 aliphatic carbocycles. The summed E-state index contributed by atoms with van der Waals surface area (Å²) in [5.41, 5.74) is 2.02. The molecule has 0 saturated heterocycles. The lowest BCUT2D eigenvalue weighted by Gasteiger charge is -2.16. The molecule has 0 aliphatic rings. The summed E-state index contributed by atoms with van der Waals surface area (Å²) in [5.74, 6) is 0. The maximum Gasteiger partial charge on any atom is 0.110 e. The van der Waals surface area contributed by atoms with E-state index in [1.54, 1.807) is 0 Å². The second-order valence-corrected chi connectivity index (χ2v) is 4.28. The number of aromatic amines is 1. The Kier molecular flexibility index (Phi) is 1.62. The molecule has 0 bridgehead atoms. The van der Waals surface area contributed by atoms with Crippen molar-refractivity contribution in [3.8, 4) is 0 Å². The van der Waals surface area contributed by atoms with Crippen molar-refractivity contribution < 1.29 is 0 Å². The quantitative estimate of drug-likeness (QED) is 0.667. The molecule has 2 aromatic heterocycles. The molecular formula is C10H13N3. The zero-order valence-electron chi connectivity index (χ0n) is 8.13. The van der Waals surface area contributed by atoms with Crippen LogP contribution in [0.3, 0.4) is 0 Å². The van der Waals surface area contributed by atoms with Gasteiger partial charge in [0.25, 0.3) is 0 Å². The monoisotopic (exact) mass is 175 g/mol. The largest absolute Gasteiger partial charge is 0.365 e. The summed E-state index contributed by atoms with van der Waals surface area (Å²) in [6.45, 7) is 6.40. The van der Waals surface area contributed by atoms with Gasteiger partial charge in [0.05, 0.1) is 5.69 Å². The van der Waals surface area contributed by atoms with E-state index < -0.39 is 0 Å². The molecule has 1 N–H and O–H groups in total. The van der Waals surface area contributed by atoms with E-state index in [1.807, 2.05) is 12.4 Å². The highest BCUT2D eigenvalue weighted by Crippen LogP contribution is 2.21. The summed E-state index contributed by atoms with van der Waals surface area (Å²) in [5, 5.41) is 9.43. The number of H-pyrrole nitrogens is 1. The first-order valence-electron chi connectivity index (χ1n) is 4.38. The minimum Gasteiger partial charge on any atom is -0.365 e. The van der Waals surface area contributed by atoms with E-state index in [0.717, 1.165) is 16.6 Å². The fourth-order valence-electron chi connectivity index (χ4n) is 1.22. The number of hydrogen-bond donors (Lipinski definition) is 1. The van der Waals surface area contributed by atoms with Crippen LogP contribution in [0.5, 0.6) is 0 Å². The summed E-state index contributed by atoms with van der Waals surface area (Å²) in [7, 11) is 0. The molecule has 13 heavy (non-hydrogen) atoms. The Morgan fingerprint density at radius 3 is 2.62 bits per heavy atom. The molecular weight excluding hydrogens is 162 g/mol. The van der Waals surface area contributed by atoms with Crippen molar-refractivity contribution in [2.45, 2.75) is 26.2 Å². The molecule has 0 aliphatic heterocycles. The number of aromatic nitrogens is 3. The van der Waals surface area contributed by atoms with Gasteiger partial charge in [0.2, 0.25) is 0 Å². The number of nitrogens with one attached hydrogen (secondary N) is 1. The van der Waals surface area contributed by atoms with Crippen LogP contribution >= 0.6 is 0 Å². The standard InChI is InChI=1S/C10H13N3/c1-10(2,3)9-4-7-5-11-6-8(7)12-13-9/h4-6,11H,1-3H3. The summed E-state index contributed by atoms with van der Waals surface area (Å²) < 4.78 is 0. The molecule has 2 heterocycles. The number of rotatable bonds is 0. The SMILES string of the molecule is CC(C)(C)c1cc2c[nH]cc2nn1. The van der Waals surface area contributed by atoms with Crippen molar-refractivity contribution in [3.05, 3.63) is 24.2 Å². The fourth-order valence-corrected chi connectivity index (χ4v) is 1.22. The van der Waals surface area contributed by atoms with Gasteiger partial charge in [0.1, 0.15) is 5.52 Å². The summed E-state index contributed by atoms with van der Waals surface area (Å²) in [6.07, 6.45) is 3.80. The third-order valence-corrected chi connectivity index (χ3v) is 2.08. The van der Waals surface area contributed by atoms with Crippen LogP contribution in [0.25, 0.3) is 10.9 Å². The lowest BCUT2D eigenvalue weighted by Crippen LogP contribution is -2.13. The van der Waals surface area contributed by atoms with Crippen molar-refractivity contribution in [2.75, 3.05) is 0 Å². The third-order valence-electron chi connectivity index (χ3n) is 2.08. The smallest absolute Gasteiger partial charge is 0.110 e. The van der Waals surface area contributed by atoms with Gasteiger partial charge in [0, 0.05) is 23.2 Å². The Morgan fingerprint density at radius 2 is 1.92 bits per heavy atom. The molecule has 0 amide bonds. The van der Waals surface area contributed by atoms with Crippen LogP contribution in [0.2, 0.25) is 0 Å². The van der Waals surface area contributed by atoms with E-state index in [4.69, 9.17) is 0 Å². The zero-order chi connectivity index (χ0) is 9.47. The Bertz CT molecular complexity index is 423. The van der Waals surface area contributed by atoms with Gasteiger partial charge < -0.3 is 4.98 Å². The van der Waals surface area contributed by atoms with Crippen LogP contribution in [0.1, 0.15) is 26.5 Å². The van der Waals surface area contributed by atoms with Crippen LogP contribution in [0, 0.1) is 0 Å². The van der Waals surface area contributed by atoms with E-state index in [0.29, 0.717) is 0 Å². The maximum atomic E-state index is 4.18. The van der Waals surface area contributed by atoms with Gasteiger partial charge in [-0.3, -0.25) is 0 Å². The van der Waals surface area contributed by atoms with Crippen molar-refractivity contribution in [1.29, 1.82) is 0 Å². The highest BCUT2D eigenvalue weighted by molar-refractivity contribution is 5.77. The van der Waals surface area contributed by atoms with E-state index in [-0.39, 0.29) is 5.41 Å². The van der Waals surface area contributed by atoms with E-state index in [1.165, 1.54) is 0 Å². The highest BCUT2D eigenvalue weighted by atomic mass is 15.1. The zero-order valence-corrected chi connectivity index (χ0v) is 8.13. The van der Waals surface area contributed by atoms with E-state index in [9.17, 15) is 0 Å². The van der Waals surface area contributed by atoms with Crippen LogP contribution in [-0.2, 0) is 5.41 Å². The van der Waals surface area contributed by atoms with Gasteiger partial charge in [-0.05, 0) is 6.07 Å². The first-order chi connectivity index (χ1) is 6.07. The predicted molar refractivity (Wildman–Crippen MR) is 52.6 cm³/mol. The van der Waals surface area contributed by atoms with Crippen molar-refractivity contribution >= 4 is 10.9 Å². The molecule has 0 spiro atoms. The third kappa shape index (κ3) is 1.41. The molecule has 2 aromatic rings. The molecule has 3 nitrogen and oxygen atoms in total. The molecule has 0 atom stereocenters. The Morgan fingerprint density at radius 1 is 1.15 bits per heavy atom. The molecule has 2 rings (SSSR count). The molecule has 0 aromatic carbocycles. The minimum atomic E-state index is 0.0679. The Hall–Kier alpha value is -1.38. The van der Waals surface area contributed by atoms with Gasteiger partial charge in [-0.25, -0.2) is 0 Å². The fraction of sp³-hybridized carbons (Fsp3) is 0.400. The first-order valence-corrected chi connectivity index (χ1v) is 4.38. The normalized spacial score (nSPS) is 12.2. The lowest BCUT2D eigenvalue weighted by atomic mass is 9.92. The first kappa shape index (κ1) is 8.23. The van der Waals surface area contributed by atoms with Gasteiger partial charge >= 0.3 is 0 Å². The molecule has 68 valence electrons. The van der Waals surface area contributed by atoms with Gasteiger partial charge in [0.15, 0.2) is 0 Å². The Labute approximate surface area is 77.2 Å². The highest BCUT2D eigenvalue weighted by Gasteiger charge is 2.16. The number of hydrogen-bond acceptors (Lipinski definition) is 2. The second kappa shape index (κ2) is 2.55. The average Bonchev–Trinajstić information content (AvgIpc) is 2.47. The molecule has 0 unspecified atom stereocenters. The van der Waals surface area contributed by atoms with E-state index >= 15 is 0 Å². The van der Waals surface area contributed by atoms with Crippen LogP contribution in [0.15, 0.2) is 18.5 Å². The summed E-state index contributed by atoms with van der Waals surface area (Å²) in [4.78, 5) is 3.01. The summed E-state index contributed by atoms with van der Waals surface area (Å²) in [6, 6.07) is 2.08. The van der Waals surface area contributed by atoms with E-state index in [2.05, 4.69) is 42.0 Å². The van der Waals surface area contributed by atoms with Crippen molar-refractivity contribution in [3.63, 3.8) is 0 Å². The molecule has 0 saturated carbocycles. The minimum absolute atomic E-state index is 0.0679. The second-order valence-electron chi connectivity index (χ2n) is 4.28. The number of nitrogens with zero attached hydrogens (tertiary/aromatic N) is 2. The number of fused-ring (bicyclic) bond motifs is 1. The van der Waals surface area contributed by atoms with Crippen LogP contribution in [-0.4, -0.2) is 15.2 Å². The Balaban J connectivity index is 2.61. The van der Waals surface area contributed by atoms with Crippen molar-refractivity contribution in [2.24, 2.45) is 0 Å². The maximum absolute atomic E-state index is 4.18. The molecule has 0 radical (unpaired) electrons. The van der Waals surface area contributed by atoms with Crippen LogP contribution < -0.4 is 0 Å². The molecule has 0 fully saturated rings. The van der Waals surface area contributed by atoms with Gasteiger partial charge in [-0.2, -0.15) is 5.10 Å². The van der Waals surface area contributed by atoms with Crippen molar-refractivity contribution in [1.82, 2.24) is 15.2 Å². The lowest BCUT2D eigenvalue weighted by molar-refractivity contribution is 0.561. The summed E-state index contributed by atoms with van der Waals surface area (Å²) >= 11 is 0. The van der Waals surface area contributed by atoms with Gasteiger partial charge in [-0.15, -0.1) is 5.10 Å². The predicted octanol–water partition coefficient (Wildman–Crippen LogP) is 2.26. The topological polar surface area (TPSA) is 41.6 Å². The average molecular weight is 175 g/mol. The van der Waals surface area contributed by atoms with Crippen LogP contribution in [0.4, 0.5) is 0 Å².